The van der Waals surface area contributed by atoms with Gasteiger partial charge in [-0.25, -0.2) is 8.78 Å². The number of hydrogen-bond acceptors (Lipinski definition) is 6. The van der Waals surface area contributed by atoms with Crippen LogP contribution in [0.25, 0.3) is 0 Å². The van der Waals surface area contributed by atoms with Crippen LogP contribution >= 0.6 is 31.9 Å². The lowest BCUT2D eigenvalue weighted by Gasteiger charge is -2.18. The van der Waals surface area contributed by atoms with E-state index in [9.17, 15) is 28.3 Å². The smallest absolute Gasteiger partial charge is 0.171 e. The number of methoxy groups -OCH3 is 2. The quantitative estimate of drug-likeness (QED) is 0.518. The Morgan fingerprint density at radius 1 is 0.765 bits per heavy atom. The van der Waals surface area contributed by atoms with E-state index in [1.54, 1.807) is 6.07 Å². The van der Waals surface area contributed by atoms with Crippen LogP contribution in [-0.4, -0.2) is 42.8 Å². The van der Waals surface area contributed by atoms with Crippen molar-refractivity contribution in [3.8, 4) is 11.5 Å². The number of ketones is 3. The van der Waals surface area contributed by atoms with Crippen molar-refractivity contribution >= 4 is 49.2 Å². The van der Waals surface area contributed by atoms with Gasteiger partial charge in [0.25, 0.3) is 0 Å². The highest BCUT2D eigenvalue weighted by Crippen LogP contribution is 2.38. The van der Waals surface area contributed by atoms with Crippen LogP contribution in [0.4, 0.5) is 8.78 Å². The molecule has 2 aromatic rings. The fourth-order valence-electron chi connectivity index (χ4n) is 3.71. The number of aliphatic hydroxyl groups excluding tert-OH is 1. The molecule has 0 spiro atoms. The van der Waals surface area contributed by atoms with Crippen molar-refractivity contribution in [3.63, 3.8) is 0 Å². The number of allylic oxidation sites excluding steroid dienone is 3. The van der Waals surface area contributed by atoms with E-state index in [1.807, 2.05) is 0 Å². The minimum absolute atomic E-state index is 0.00398. The van der Waals surface area contributed by atoms with Crippen LogP contribution in [0.3, 0.4) is 0 Å². The third kappa shape index (κ3) is 5.18. The van der Waals surface area contributed by atoms with Crippen molar-refractivity contribution in [3.05, 3.63) is 80.3 Å². The van der Waals surface area contributed by atoms with Crippen LogP contribution in [-0.2, 0) is 14.4 Å². The van der Waals surface area contributed by atoms with Crippen molar-refractivity contribution in [2.45, 2.75) is 17.9 Å². The number of aliphatic hydroxyl groups is 1. The van der Waals surface area contributed by atoms with Crippen LogP contribution in [0, 0.1) is 11.6 Å². The zero-order valence-electron chi connectivity index (χ0n) is 17.9. The maximum atomic E-state index is 13.9. The predicted molar refractivity (Wildman–Crippen MR) is 126 cm³/mol. The van der Waals surface area contributed by atoms with E-state index in [-0.39, 0.29) is 28.4 Å². The molecule has 0 amide bonds. The molecule has 34 heavy (non-hydrogen) atoms. The van der Waals surface area contributed by atoms with Gasteiger partial charge in [-0.3, -0.25) is 14.4 Å². The first-order chi connectivity index (χ1) is 16.1. The Balaban J connectivity index is 0.000000191. The third-order valence-electron chi connectivity index (χ3n) is 5.24. The molecule has 2 aromatic carbocycles. The molecule has 6 nitrogen and oxygen atoms in total. The van der Waals surface area contributed by atoms with Gasteiger partial charge in [-0.05, 0) is 42.5 Å². The van der Waals surface area contributed by atoms with Crippen molar-refractivity contribution in [1.82, 2.24) is 0 Å². The molecule has 0 bridgehead atoms. The molecule has 2 aliphatic rings. The summed E-state index contributed by atoms with van der Waals surface area (Å²) in [4.78, 5) is 34.7. The molecule has 0 aliphatic heterocycles. The molecule has 0 radical (unpaired) electrons. The molecule has 2 atom stereocenters. The van der Waals surface area contributed by atoms with Gasteiger partial charge in [-0.1, -0.05) is 37.9 Å². The summed E-state index contributed by atoms with van der Waals surface area (Å²) in [5.41, 5.74) is 0.0916. The molecule has 0 aromatic heterocycles. The molecule has 4 rings (SSSR count). The van der Waals surface area contributed by atoms with Gasteiger partial charge in [0, 0.05) is 20.1 Å². The van der Waals surface area contributed by atoms with Crippen LogP contribution < -0.4 is 9.47 Å². The lowest BCUT2D eigenvalue weighted by atomic mass is 9.92. The van der Waals surface area contributed by atoms with E-state index in [2.05, 4.69) is 31.9 Å². The van der Waals surface area contributed by atoms with Gasteiger partial charge in [-0.2, -0.15) is 0 Å². The summed E-state index contributed by atoms with van der Waals surface area (Å²) in [7, 11) is 2.76. The molecule has 10 heteroatoms. The van der Waals surface area contributed by atoms with Crippen molar-refractivity contribution in [1.29, 1.82) is 0 Å². The van der Waals surface area contributed by atoms with Gasteiger partial charge in [-0.15, -0.1) is 0 Å². The maximum absolute atomic E-state index is 13.9. The second-order valence-corrected chi connectivity index (χ2v) is 9.14. The Morgan fingerprint density at radius 3 is 1.68 bits per heavy atom. The summed E-state index contributed by atoms with van der Waals surface area (Å²) in [5.74, 6) is -3.97. The third-order valence-corrected chi connectivity index (χ3v) is 6.15. The molecular weight excluding hydrogens is 582 g/mol. The fraction of sp³-hybridized carbons (Fsp3) is 0.208. The SMILES string of the molecule is COc1cc(Br)cc(F)c1C1C(=O)C=CC1=O.COc1cc(Br)cc(F)c1C1C(=O)C=CC1O. The first kappa shape index (κ1) is 25.9. The topological polar surface area (TPSA) is 89.9 Å². The van der Waals surface area contributed by atoms with Crippen LogP contribution in [0.2, 0.25) is 0 Å². The van der Waals surface area contributed by atoms with Crippen LogP contribution in [0.15, 0.2) is 57.5 Å². The van der Waals surface area contributed by atoms with Gasteiger partial charge in [0.2, 0.25) is 0 Å². The Hall–Kier alpha value is -2.69. The Morgan fingerprint density at radius 2 is 1.24 bits per heavy atom. The Kier molecular flexibility index (Phi) is 8.17. The molecule has 0 heterocycles. The normalized spacial score (nSPS) is 19.4. The predicted octanol–water partition coefficient (Wildman–Crippen LogP) is 4.57. The Labute approximate surface area is 210 Å². The second-order valence-electron chi connectivity index (χ2n) is 7.31. The van der Waals surface area contributed by atoms with E-state index in [4.69, 9.17) is 9.47 Å². The average molecular weight is 600 g/mol. The number of carbonyl (C=O) groups is 3. The standard InChI is InChI=1S/C12H10BrFO3.C12H8BrFO3/c2*1-17-10-5-6(13)4-7(14)11(10)12-8(15)2-3-9(12)16/h2-5,8,12,15H,1H3;2-5,12H,1H3. The zero-order chi connectivity index (χ0) is 25.2. The number of benzene rings is 2. The molecular formula is C24H18Br2F2O6. The van der Waals surface area contributed by atoms with Gasteiger partial charge >= 0.3 is 0 Å². The molecule has 1 N–H and O–H groups in total. The van der Waals surface area contributed by atoms with Gasteiger partial charge in [0.05, 0.1) is 26.2 Å². The lowest BCUT2D eigenvalue weighted by molar-refractivity contribution is -0.122. The van der Waals surface area contributed by atoms with Crippen LogP contribution in [0.5, 0.6) is 11.5 Å². The van der Waals surface area contributed by atoms with Crippen molar-refractivity contribution in [2.24, 2.45) is 0 Å². The van der Waals surface area contributed by atoms with Gasteiger partial charge in [0.1, 0.15) is 29.1 Å². The van der Waals surface area contributed by atoms with E-state index in [0.29, 0.717) is 8.95 Å². The molecule has 178 valence electrons. The molecule has 0 fully saturated rings. The zero-order valence-corrected chi connectivity index (χ0v) is 21.0. The number of carbonyl (C=O) groups excluding carboxylic acids is 3. The van der Waals surface area contributed by atoms with Crippen molar-refractivity contribution < 1.29 is 37.7 Å². The fourth-order valence-corrected chi connectivity index (χ4v) is 4.53. The summed E-state index contributed by atoms with van der Waals surface area (Å²) in [5, 5.41) is 9.68. The number of halogens is 4. The number of hydrogen-bond donors (Lipinski definition) is 1. The second kappa shape index (κ2) is 10.7. The molecule has 2 aliphatic carbocycles. The van der Waals surface area contributed by atoms with E-state index in [0.717, 1.165) is 12.2 Å². The van der Waals surface area contributed by atoms with Crippen LogP contribution in [0.1, 0.15) is 23.0 Å². The average Bonchev–Trinajstić information content (AvgIpc) is 3.28. The maximum Gasteiger partial charge on any atom is 0.171 e. The highest BCUT2D eigenvalue weighted by Gasteiger charge is 2.36. The molecule has 2 unspecified atom stereocenters. The lowest BCUT2D eigenvalue weighted by Crippen LogP contribution is -2.20. The van der Waals surface area contributed by atoms with Crippen molar-refractivity contribution in [2.75, 3.05) is 14.2 Å². The molecule has 0 saturated carbocycles. The summed E-state index contributed by atoms with van der Waals surface area (Å²) >= 11 is 6.26. The Bertz CT molecular complexity index is 1210. The van der Waals surface area contributed by atoms with E-state index < -0.39 is 41.1 Å². The summed E-state index contributed by atoms with van der Waals surface area (Å²) in [6, 6.07) is 5.54. The first-order valence-corrected chi connectivity index (χ1v) is 11.4. The summed E-state index contributed by atoms with van der Waals surface area (Å²) in [6.45, 7) is 0. The summed E-state index contributed by atoms with van der Waals surface area (Å²) in [6.07, 6.45) is 3.93. The largest absolute Gasteiger partial charge is 0.496 e. The highest BCUT2D eigenvalue weighted by atomic mass is 79.9. The summed E-state index contributed by atoms with van der Waals surface area (Å²) < 4.78 is 38.8. The highest BCUT2D eigenvalue weighted by molar-refractivity contribution is 9.10. The van der Waals surface area contributed by atoms with Gasteiger partial charge < -0.3 is 14.6 Å². The van der Waals surface area contributed by atoms with E-state index >= 15 is 0 Å². The minimum atomic E-state index is -1.11. The molecule has 0 saturated heterocycles. The van der Waals surface area contributed by atoms with Gasteiger partial charge in [0.15, 0.2) is 17.3 Å². The minimum Gasteiger partial charge on any atom is -0.496 e. The van der Waals surface area contributed by atoms with E-state index in [1.165, 1.54) is 44.6 Å². The number of rotatable bonds is 4. The first-order valence-electron chi connectivity index (χ1n) is 9.80. The number of ether oxygens (including phenoxy) is 2. The monoisotopic (exact) mass is 598 g/mol.